The Morgan fingerprint density at radius 2 is 1.80 bits per heavy atom. The first-order valence-corrected chi connectivity index (χ1v) is 10.0. The van der Waals surface area contributed by atoms with Gasteiger partial charge in [-0.05, 0) is 56.2 Å². The summed E-state index contributed by atoms with van der Waals surface area (Å²) in [6.07, 6.45) is 8.62. The predicted octanol–water partition coefficient (Wildman–Crippen LogP) is 4.62. The van der Waals surface area contributed by atoms with Crippen LogP contribution in [0.3, 0.4) is 0 Å². The largest absolute Gasteiger partial charge is 0.371 e. The van der Waals surface area contributed by atoms with Crippen LogP contribution in [-0.2, 0) is 0 Å². The molecule has 2 N–H and O–H groups in total. The van der Waals surface area contributed by atoms with Crippen molar-refractivity contribution in [3.05, 3.63) is 29.8 Å². The van der Waals surface area contributed by atoms with Crippen molar-refractivity contribution in [2.75, 3.05) is 18.0 Å². The maximum absolute atomic E-state index is 12.2. The topological polar surface area (TPSA) is 44.4 Å². The molecule has 3 rings (SSSR count). The molecular formula is C21H33N3O. The SMILES string of the molecule is C[C@@H]1CCCN(c2ccc([C@@H](C)NC(=O)NC3CCCCC3)cc2)C1. The van der Waals surface area contributed by atoms with Gasteiger partial charge in [-0.15, -0.1) is 0 Å². The lowest BCUT2D eigenvalue weighted by Gasteiger charge is -2.33. The molecule has 1 saturated carbocycles. The summed E-state index contributed by atoms with van der Waals surface area (Å²) in [4.78, 5) is 14.7. The third-order valence-electron chi connectivity index (χ3n) is 5.70. The van der Waals surface area contributed by atoms with Crippen LogP contribution in [0.5, 0.6) is 0 Å². The van der Waals surface area contributed by atoms with Crippen LogP contribution in [0.1, 0.15) is 70.4 Å². The molecule has 1 saturated heterocycles. The molecule has 0 aromatic heterocycles. The number of hydrogen-bond donors (Lipinski definition) is 2. The molecule has 1 heterocycles. The fourth-order valence-electron chi connectivity index (χ4n) is 4.15. The van der Waals surface area contributed by atoms with Gasteiger partial charge in [0.25, 0.3) is 0 Å². The summed E-state index contributed by atoms with van der Waals surface area (Å²) in [6, 6.07) is 9.05. The second-order valence-corrected chi connectivity index (χ2v) is 7.96. The molecule has 25 heavy (non-hydrogen) atoms. The lowest BCUT2D eigenvalue weighted by atomic mass is 9.96. The van der Waals surface area contributed by atoms with Crippen molar-refractivity contribution in [2.24, 2.45) is 5.92 Å². The zero-order chi connectivity index (χ0) is 17.6. The molecule has 0 unspecified atom stereocenters. The predicted molar refractivity (Wildman–Crippen MR) is 104 cm³/mol. The number of hydrogen-bond acceptors (Lipinski definition) is 2. The highest BCUT2D eigenvalue weighted by Crippen LogP contribution is 2.24. The Morgan fingerprint density at radius 1 is 1.08 bits per heavy atom. The Morgan fingerprint density at radius 3 is 2.48 bits per heavy atom. The molecule has 0 radical (unpaired) electrons. The number of rotatable bonds is 4. The van der Waals surface area contributed by atoms with Gasteiger partial charge in [0.15, 0.2) is 0 Å². The molecule has 1 aliphatic carbocycles. The van der Waals surface area contributed by atoms with E-state index in [9.17, 15) is 4.79 Å². The highest BCUT2D eigenvalue weighted by atomic mass is 16.2. The van der Waals surface area contributed by atoms with Crippen LogP contribution < -0.4 is 15.5 Å². The Bertz CT molecular complexity index is 551. The normalized spacial score (nSPS) is 23.1. The van der Waals surface area contributed by atoms with Crippen molar-refractivity contribution in [2.45, 2.75) is 70.9 Å². The second kappa shape index (κ2) is 8.59. The summed E-state index contributed by atoms with van der Waals surface area (Å²) in [5.41, 5.74) is 2.46. The van der Waals surface area contributed by atoms with Gasteiger partial charge in [-0.1, -0.05) is 38.3 Å². The van der Waals surface area contributed by atoms with Crippen molar-refractivity contribution in [3.8, 4) is 0 Å². The molecule has 4 nitrogen and oxygen atoms in total. The van der Waals surface area contributed by atoms with Crippen LogP contribution in [-0.4, -0.2) is 25.2 Å². The molecule has 4 heteroatoms. The van der Waals surface area contributed by atoms with Gasteiger partial charge in [-0.3, -0.25) is 0 Å². The second-order valence-electron chi connectivity index (χ2n) is 7.96. The van der Waals surface area contributed by atoms with E-state index < -0.39 is 0 Å². The Kier molecular flexibility index (Phi) is 6.22. The number of carbonyl (C=O) groups excluding carboxylic acids is 1. The summed E-state index contributed by atoms with van der Waals surface area (Å²) in [5.74, 6) is 0.775. The minimum Gasteiger partial charge on any atom is -0.371 e. The Hall–Kier alpha value is -1.71. The maximum atomic E-state index is 12.2. The Labute approximate surface area is 152 Å². The van der Waals surface area contributed by atoms with Gasteiger partial charge in [0, 0.05) is 24.8 Å². The average Bonchev–Trinajstić information content (AvgIpc) is 2.62. The first-order chi connectivity index (χ1) is 12.1. The van der Waals surface area contributed by atoms with Gasteiger partial charge >= 0.3 is 6.03 Å². The van der Waals surface area contributed by atoms with E-state index in [1.165, 1.54) is 37.8 Å². The highest BCUT2D eigenvalue weighted by molar-refractivity contribution is 5.74. The monoisotopic (exact) mass is 343 g/mol. The summed E-state index contributed by atoms with van der Waals surface area (Å²) < 4.78 is 0. The van der Waals surface area contributed by atoms with E-state index in [1.54, 1.807) is 0 Å². The number of urea groups is 1. The van der Waals surface area contributed by atoms with Crippen LogP contribution in [0.4, 0.5) is 10.5 Å². The minimum absolute atomic E-state index is 0.0259. The van der Waals surface area contributed by atoms with Gasteiger partial charge in [-0.2, -0.15) is 0 Å². The summed E-state index contributed by atoms with van der Waals surface area (Å²) in [7, 11) is 0. The summed E-state index contributed by atoms with van der Waals surface area (Å²) in [6.45, 7) is 6.69. The number of anilines is 1. The van der Waals surface area contributed by atoms with Crippen LogP contribution in [0.15, 0.2) is 24.3 Å². The molecular weight excluding hydrogens is 310 g/mol. The zero-order valence-corrected chi connectivity index (χ0v) is 15.8. The molecule has 2 fully saturated rings. The average molecular weight is 344 g/mol. The van der Waals surface area contributed by atoms with Gasteiger partial charge in [0.2, 0.25) is 0 Å². The quantitative estimate of drug-likeness (QED) is 0.838. The lowest BCUT2D eigenvalue weighted by Crippen LogP contribution is -2.43. The number of nitrogens with zero attached hydrogens (tertiary/aromatic N) is 1. The number of benzene rings is 1. The van der Waals surface area contributed by atoms with E-state index in [0.717, 1.165) is 37.4 Å². The van der Waals surface area contributed by atoms with E-state index in [2.05, 4.69) is 53.6 Å². The van der Waals surface area contributed by atoms with Crippen LogP contribution >= 0.6 is 0 Å². The maximum Gasteiger partial charge on any atom is 0.315 e. The molecule has 1 aromatic carbocycles. The summed E-state index contributed by atoms with van der Waals surface area (Å²) in [5, 5.41) is 6.22. The third-order valence-corrected chi connectivity index (χ3v) is 5.70. The lowest BCUT2D eigenvalue weighted by molar-refractivity contribution is 0.229. The standard InChI is InChI=1S/C21H33N3O/c1-16-7-6-14-24(15-16)20-12-10-18(11-13-20)17(2)22-21(25)23-19-8-4-3-5-9-19/h10-13,16-17,19H,3-9,14-15H2,1-2H3,(H2,22,23,25)/t16-,17-/m1/s1. The highest BCUT2D eigenvalue weighted by Gasteiger charge is 2.18. The van der Waals surface area contributed by atoms with E-state index >= 15 is 0 Å². The van der Waals surface area contributed by atoms with Crippen LogP contribution in [0, 0.1) is 5.92 Å². The van der Waals surface area contributed by atoms with E-state index in [4.69, 9.17) is 0 Å². The minimum atomic E-state index is -0.0340. The van der Waals surface area contributed by atoms with Crippen LogP contribution in [0.2, 0.25) is 0 Å². The number of nitrogens with one attached hydrogen (secondary N) is 2. The fraction of sp³-hybridized carbons (Fsp3) is 0.667. The number of amides is 2. The van der Waals surface area contributed by atoms with Crippen molar-refractivity contribution in [1.29, 1.82) is 0 Å². The molecule has 0 bridgehead atoms. The van der Waals surface area contributed by atoms with Crippen LogP contribution in [0.25, 0.3) is 0 Å². The molecule has 2 amide bonds. The van der Waals surface area contributed by atoms with E-state index in [1.807, 2.05) is 0 Å². The van der Waals surface area contributed by atoms with Gasteiger partial charge < -0.3 is 15.5 Å². The van der Waals surface area contributed by atoms with Gasteiger partial charge in [0.1, 0.15) is 0 Å². The van der Waals surface area contributed by atoms with Crippen molar-refractivity contribution in [3.63, 3.8) is 0 Å². The van der Waals surface area contributed by atoms with Gasteiger partial charge in [0.05, 0.1) is 6.04 Å². The molecule has 2 aliphatic rings. The molecule has 1 aromatic rings. The van der Waals surface area contributed by atoms with Gasteiger partial charge in [-0.25, -0.2) is 4.79 Å². The third kappa shape index (κ3) is 5.13. The van der Waals surface area contributed by atoms with Crippen molar-refractivity contribution >= 4 is 11.7 Å². The molecule has 1 aliphatic heterocycles. The smallest absolute Gasteiger partial charge is 0.315 e. The molecule has 2 atom stereocenters. The zero-order valence-electron chi connectivity index (χ0n) is 15.8. The number of piperidine rings is 1. The first-order valence-electron chi connectivity index (χ1n) is 10.0. The molecule has 0 spiro atoms. The van der Waals surface area contributed by atoms with E-state index in [0.29, 0.717) is 6.04 Å². The Balaban J connectivity index is 1.51. The van der Waals surface area contributed by atoms with Crippen molar-refractivity contribution < 1.29 is 4.79 Å². The fourth-order valence-corrected chi connectivity index (χ4v) is 4.15. The van der Waals surface area contributed by atoms with E-state index in [-0.39, 0.29) is 12.1 Å². The molecule has 138 valence electrons. The number of carbonyl (C=O) groups is 1. The first kappa shape index (κ1) is 18.1. The summed E-state index contributed by atoms with van der Waals surface area (Å²) >= 11 is 0. The van der Waals surface area contributed by atoms with Crippen molar-refractivity contribution in [1.82, 2.24) is 10.6 Å².